The van der Waals surface area contributed by atoms with Crippen LogP contribution in [0, 0.1) is 5.82 Å². The molecule has 1 aliphatic carbocycles. The van der Waals surface area contributed by atoms with Crippen LogP contribution in [0.5, 0.6) is 5.75 Å². The van der Waals surface area contributed by atoms with Gasteiger partial charge in [0.1, 0.15) is 17.4 Å². The molecular formula is C22H22F2O. The minimum atomic E-state index is -0.793. The molecule has 0 saturated heterocycles. The second-order valence-electron chi connectivity index (χ2n) is 6.27. The largest absolute Gasteiger partial charge is 0.493 e. The van der Waals surface area contributed by atoms with Gasteiger partial charge in [0, 0.05) is 12.0 Å². The fourth-order valence-corrected chi connectivity index (χ4v) is 3.20. The average Bonchev–Trinajstić information content (AvgIpc) is 2.63. The number of benzene rings is 2. The number of hydrogen-bond donors (Lipinski definition) is 0. The van der Waals surface area contributed by atoms with E-state index in [1.165, 1.54) is 12.1 Å². The van der Waals surface area contributed by atoms with E-state index in [1.807, 2.05) is 36.4 Å². The summed E-state index contributed by atoms with van der Waals surface area (Å²) in [6.45, 7) is 2.72. The summed E-state index contributed by atoms with van der Waals surface area (Å²) >= 11 is 0. The van der Waals surface area contributed by atoms with Gasteiger partial charge < -0.3 is 4.74 Å². The highest BCUT2D eigenvalue weighted by Gasteiger charge is 2.34. The number of rotatable bonds is 6. The minimum absolute atomic E-state index is 0.199. The monoisotopic (exact) mass is 340 g/mol. The van der Waals surface area contributed by atoms with Gasteiger partial charge in [0.05, 0.1) is 12.0 Å². The molecule has 0 N–H and O–H groups in total. The van der Waals surface area contributed by atoms with E-state index in [-0.39, 0.29) is 18.1 Å². The van der Waals surface area contributed by atoms with Gasteiger partial charge >= 0.3 is 0 Å². The zero-order chi connectivity index (χ0) is 17.7. The lowest BCUT2D eigenvalue weighted by atomic mass is 9.71. The molecule has 0 fully saturated rings. The summed E-state index contributed by atoms with van der Waals surface area (Å²) in [5.74, 6) is 0.224. The lowest BCUT2D eigenvalue weighted by molar-refractivity contribution is 0.304. The second-order valence-corrected chi connectivity index (χ2v) is 6.27. The smallest absolute Gasteiger partial charge is 0.124 e. The van der Waals surface area contributed by atoms with Crippen molar-refractivity contribution >= 4 is 0 Å². The molecule has 3 heteroatoms. The first kappa shape index (κ1) is 17.4. The summed E-state index contributed by atoms with van der Waals surface area (Å²) in [6.07, 6.45) is 7.69. The fraction of sp³-hybridized carbons (Fsp3) is 0.273. The van der Waals surface area contributed by atoms with Gasteiger partial charge in [-0.2, -0.15) is 0 Å². The van der Waals surface area contributed by atoms with E-state index in [2.05, 4.69) is 6.92 Å². The van der Waals surface area contributed by atoms with E-state index < -0.39 is 5.41 Å². The van der Waals surface area contributed by atoms with Gasteiger partial charge in [-0.1, -0.05) is 55.8 Å². The van der Waals surface area contributed by atoms with Gasteiger partial charge in [-0.3, -0.25) is 0 Å². The van der Waals surface area contributed by atoms with Crippen molar-refractivity contribution in [3.8, 4) is 5.75 Å². The summed E-state index contributed by atoms with van der Waals surface area (Å²) in [4.78, 5) is 0. The summed E-state index contributed by atoms with van der Waals surface area (Å²) in [5, 5.41) is 0. The number of ether oxygens (including phenoxy) is 1. The molecule has 0 radical (unpaired) electrons. The van der Waals surface area contributed by atoms with Crippen LogP contribution in [0.25, 0.3) is 0 Å². The van der Waals surface area contributed by atoms with Crippen LogP contribution in [-0.2, 0) is 5.41 Å². The van der Waals surface area contributed by atoms with Crippen LogP contribution in [0.3, 0.4) is 0 Å². The number of para-hydroxylation sites is 1. The Labute approximate surface area is 147 Å². The average molecular weight is 340 g/mol. The van der Waals surface area contributed by atoms with Gasteiger partial charge in [0.15, 0.2) is 0 Å². The Morgan fingerprint density at radius 2 is 1.80 bits per heavy atom. The van der Waals surface area contributed by atoms with Crippen molar-refractivity contribution < 1.29 is 13.5 Å². The third kappa shape index (κ3) is 3.65. The fourth-order valence-electron chi connectivity index (χ4n) is 3.20. The highest BCUT2D eigenvalue weighted by atomic mass is 19.1. The maximum absolute atomic E-state index is 14.3. The summed E-state index contributed by atoms with van der Waals surface area (Å²) in [6, 6.07) is 13.9. The van der Waals surface area contributed by atoms with Gasteiger partial charge in [-0.05, 0) is 36.3 Å². The zero-order valence-corrected chi connectivity index (χ0v) is 14.3. The molecule has 0 heterocycles. The molecule has 1 unspecified atom stereocenters. The molecule has 1 atom stereocenters. The van der Waals surface area contributed by atoms with E-state index in [9.17, 15) is 8.78 Å². The quantitative estimate of drug-likeness (QED) is 0.456. The van der Waals surface area contributed by atoms with Crippen LogP contribution in [-0.4, -0.2) is 6.61 Å². The second kappa shape index (κ2) is 7.64. The first-order valence-corrected chi connectivity index (χ1v) is 8.69. The first-order chi connectivity index (χ1) is 12.2. The van der Waals surface area contributed by atoms with Crippen molar-refractivity contribution in [3.63, 3.8) is 0 Å². The van der Waals surface area contributed by atoms with Crippen LogP contribution in [0.2, 0.25) is 0 Å². The Kier molecular flexibility index (Phi) is 5.32. The molecule has 0 aromatic heterocycles. The van der Waals surface area contributed by atoms with E-state index >= 15 is 0 Å². The molecule has 0 aliphatic heterocycles. The van der Waals surface area contributed by atoms with E-state index in [4.69, 9.17) is 4.74 Å². The number of unbranched alkanes of at least 4 members (excludes halogenated alkanes) is 1. The molecule has 0 amide bonds. The Morgan fingerprint density at radius 3 is 2.52 bits per heavy atom. The maximum atomic E-state index is 14.3. The summed E-state index contributed by atoms with van der Waals surface area (Å²) < 4.78 is 33.6. The Balaban J connectivity index is 2.12. The number of hydrogen-bond acceptors (Lipinski definition) is 1. The predicted octanol–water partition coefficient (Wildman–Crippen LogP) is 6.10. The van der Waals surface area contributed by atoms with Crippen molar-refractivity contribution in [2.45, 2.75) is 31.6 Å². The van der Waals surface area contributed by atoms with Crippen molar-refractivity contribution in [3.05, 3.63) is 89.5 Å². The zero-order valence-electron chi connectivity index (χ0n) is 14.3. The first-order valence-electron chi connectivity index (χ1n) is 8.69. The SMILES string of the molecule is CCCCOc1ccccc1C1(c2ccc(F)cc2)C=CCC(F)=C1. The van der Waals surface area contributed by atoms with E-state index in [1.54, 1.807) is 18.2 Å². The van der Waals surface area contributed by atoms with Crippen molar-refractivity contribution in [2.75, 3.05) is 6.61 Å². The topological polar surface area (TPSA) is 9.23 Å². The molecule has 0 saturated carbocycles. The van der Waals surface area contributed by atoms with Gasteiger partial charge in [-0.15, -0.1) is 0 Å². The van der Waals surface area contributed by atoms with E-state index in [0.29, 0.717) is 6.61 Å². The molecule has 0 spiro atoms. The number of allylic oxidation sites excluding steroid dienone is 4. The molecule has 2 aromatic rings. The molecule has 0 bridgehead atoms. The van der Waals surface area contributed by atoms with Crippen molar-refractivity contribution in [1.82, 2.24) is 0 Å². The number of halogens is 2. The van der Waals surface area contributed by atoms with Crippen LogP contribution in [0.15, 0.2) is 72.6 Å². The third-order valence-corrected chi connectivity index (χ3v) is 4.49. The van der Waals surface area contributed by atoms with Crippen molar-refractivity contribution in [2.24, 2.45) is 0 Å². The minimum Gasteiger partial charge on any atom is -0.493 e. The standard InChI is InChI=1S/C22H22F2O/c1-2-3-15-25-21-9-5-4-8-20(21)22(14-6-7-19(24)16-22)17-10-12-18(23)13-11-17/h4-6,8-14,16H,2-3,7,15H2,1H3. The highest BCUT2D eigenvalue weighted by Crippen LogP contribution is 2.43. The van der Waals surface area contributed by atoms with Gasteiger partial charge in [0.25, 0.3) is 0 Å². The van der Waals surface area contributed by atoms with Crippen LogP contribution in [0.4, 0.5) is 8.78 Å². The van der Waals surface area contributed by atoms with Gasteiger partial charge in [0.2, 0.25) is 0 Å². The van der Waals surface area contributed by atoms with Gasteiger partial charge in [-0.25, -0.2) is 8.78 Å². The molecule has 3 rings (SSSR count). The van der Waals surface area contributed by atoms with Crippen LogP contribution < -0.4 is 4.74 Å². The summed E-state index contributed by atoms with van der Waals surface area (Å²) in [5.41, 5.74) is 0.883. The third-order valence-electron chi connectivity index (χ3n) is 4.49. The van der Waals surface area contributed by atoms with E-state index in [0.717, 1.165) is 29.7 Å². The summed E-state index contributed by atoms with van der Waals surface area (Å²) in [7, 11) is 0. The predicted molar refractivity (Wildman–Crippen MR) is 97.0 cm³/mol. The molecule has 2 aromatic carbocycles. The molecule has 1 aliphatic rings. The molecule has 25 heavy (non-hydrogen) atoms. The van der Waals surface area contributed by atoms with Crippen LogP contribution in [0.1, 0.15) is 37.3 Å². The van der Waals surface area contributed by atoms with Crippen molar-refractivity contribution in [1.29, 1.82) is 0 Å². The normalized spacial score (nSPS) is 19.6. The Hall–Kier alpha value is -2.42. The Bertz CT molecular complexity index is 777. The lowest BCUT2D eigenvalue weighted by Crippen LogP contribution is -2.25. The maximum Gasteiger partial charge on any atom is 0.124 e. The molecule has 1 nitrogen and oxygen atoms in total. The van der Waals surface area contributed by atoms with Crippen LogP contribution >= 0.6 is 0 Å². The Morgan fingerprint density at radius 1 is 1.04 bits per heavy atom. The lowest BCUT2D eigenvalue weighted by Gasteiger charge is -2.32. The molecule has 130 valence electrons. The highest BCUT2D eigenvalue weighted by molar-refractivity contribution is 5.56. The molecular weight excluding hydrogens is 318 g/mol.